The Morgan fingerprint density at radius 3 is 2.83 bits per heavy atom. The molecule has 2 aromatic rings. The van der Waals surface area contributed by atoms with Crippen molar-refractivity contribution in [1.29, 1.82) is 0 Å². The van der Waals surface area contributed by atoms with Crippen LogP contribution in [0, 0.1) is 0 Å². The minimum absolute atomic E-state index is 0.194. The summed E-state index contributed by atoms with van der Waals surface area (Å²) < 4.78 is 3.03. The van der Waals surface area contributed by atoms with Crippen LogP contribution in [0.1, 0.15) is 24.7 Å². The van der Waals surface area contributed by atoms with E-state index in [0.717, 1.165) is 35.2 Å². The average molecular weight is 309 g/mol. The Kier molecular flexibility index (Phi) is 4.49. The van der Waals surface area contributed by atoms with Gasteiger partial charge in [0, 0.05) is 29.3 Å². The van der Waals surface area contributed by atoms with Crippen LogP contribution in [0.5, 0.6) is 0 Å². The Morgan fingerprint density at radius 2 is 2.17 bits per heavy atom. The number of nitrogens with zero attached hydrogens (tertiary/aromatic N) is 3. The van der Waals surface area contributed by atoms with E-state index in [0.29, 0.717) is 0 Å². The van der Waals surface area contributed by atoms with Crippen LogP contribution in [-0.4, -0.2) is 20.6 Å². The van der Waals surface area contributed by atoms with Crippen molar-refractivity contribution in [2.45, 2.75) is 32.4 Å². The highest BCUT2D eigenvalue weighted by atomic mass is 79.9. The lowest BCUT2D eigenvalue weighted by atomic mass is 10.1. The first-order valence-corrected chi connectivity index (χ1v) is 6.83. The molecular formula is C13H17BrN4. The van der Waals surface area contributed by atoms with E-state index in [-0.39, 0.29) is 6.04 Å². The quantitative estimate of drug-likeness (QED) is 0.922. The molecule has 0 radical (unpaired) electrons. The molecule has 0 saturated carbocycles. The van der Waals surface area contributed by atoms with Gasteiger partial charge in [0.15, 0.2) is 0 Å². The molecule has 4 nitrogen and oxygen atoms in total. The van der Waals surface area contributed by atoms with E-state index in [1.165, 1.54) is 0 Å². The van der Waals surface area contributed by atoms with Crippen molar-refractivity contribution in [2.75, 3.05) is 0 Å². The molecule has 0 aliphatic heterocycles. The van der Waals surface area contributed by atoms with Gasteiger partial charge in [-0.05, 0) is 34.5 Å². The van der Waals surface area contributed by atoms with Gasteiger partial charge in [-0.25, -0.2) is 4.98 Å². The summed E-state index contributed by atoms with van der Waals surface area (Å²) in [6, 6.07) is 4.19. The fourth-order valence-corrected chi connectivity index (χ4v) is 1.93. The second-order valence-corrected chi connectivity index (χ2v) is 5.29. The summed E-state index contributed by atoms with van der Waals surface area (Å²) in [5.74, 6) is 0. The van der Waals surface area contributed by atoms with E-state index in [1.807, 2.05) is 29.2 Å². The molecule has 0 fully saturated rings. The van der Waals surface area contributed by atoms with E-state index >= 15 is 0 Å². The zero-order valence-electron chi connectivity index (χ0n) is 10.4. The fourth-order valence-electron chi connectivity index (χ4n) is 1.70. The first-order chi connectivity index (χ1) is 8.67. The van der Waals surface area contributed by atoms with E-state index in [4.69, 9.17) is 5.73 Å². The standard InChI is InChI=1S/C13H17BrN4/c1-2-11(15)5-13-8-18(9-17-13)7-12-4-3-10(14)6-16-12/h3-4,6,8-9,11H,2,5,7,15H2,1H3. The van der Waals surface area contributed by atoms with Gasteiger partial charge in [-0.3, -0.25) is 4.98 Å². The zero-order chi connectivity index (χ0) is 13.0. The lowest BCUT2D eigenvalue weighted by Crippen LogP contribution is -2.21. The number of halogens is 1. The summed E-state index contributed by atoms with van der Waals surface area (Å²) >= 11 is 3.37. The molecule has 1 unspecified atom stereocenters. The minimum Gasteiger partial charge on any atom is -0.331 e. The molecule has 0 aliphatic rings. The van der Waals surface area contributed by atoms with Gasteiger partial charge in [-0.15, -0.1) is 0 Å². The Balaban J connectivity index is 2.00. The maximum Gasteiger partial charge on any atom is 0.0953 e. The highest BCUT2D eigenvalue weighted by molar-refractivity contribution is 9.10. The van der Waals surface area contributed by atoms with Gasteiger partial charge in [0.05, 0.1) is 24.3 Å². The van der Waals surface area contributed by atoms with Crippen molar-refractivity contribution < 1.29 is 0 Å². The summed E-state index contributed by atoms with van der Waals surface area (Å²) in [5.41, 5.74) is 7.98. The van der Waals surface area contributed by atoms with E-state index < -0.39 is 0 Å². The summed E-state index contributed by atoms with van der Waals surface area (Å²) in [6.45, 7) is 2.83. The monoisotopic (exact) mass is 308 g/mol. The van der Waals surface area contributed by atoms with Crippen molar-refractivity contribution in [3.63, 3.8) is 0 Å². The molecular weight excluding hydrogens is 292 g/mol. The first-order valence-electron chi connectivity index (χ1n) is 6.04. The van der Waals surface area contributed by atoms with Gasteiger partial charge < -0.3 is 10.3 Å². The smallest absolute Gasteiger partial charge is 0.0953 e. The molecule has 96 valence electrons. The van der Waals surface area contributed by atoms with Crippen LogP contribution in [0.4, 0.5) is 0 Å². The SMILES string of the molecule is CCC(N)Cc1cn(Cc2ccc(Br)cn2)cn1. The Bertz CT molecular complexity index is 492. The maximum atomic E-state index is 5.92. The molecule has 2 N–H and O–H groups in total. The summed E-state index contributed by atoms with van der Waals surface area (Å²) in [4.78, 5) is 8.70. The Hall–Kier alpha value is -1.20. The number of aromatic nitrogens is 3. The van der Waals surface area contributed by atoms with Crippen LogP contribution < -0.4 is 5.73 Å². The second-order valence-electron chi connectivity index (χ2n) is 4.38. The minimum atomic E-state index is 0.194. The molecule has 0 aromatic carbocycles. The van der Waals surface area contributed by atoms with Gasteiger partial charge >= 0.3 is 0 Å². The molecule has 5 heteroatoms. The highest BCUT2D eigenvalue weighted by Gasteiger charge is 2.05. The van der Waals surface area contributed by atoms with Gasteiger partial charge in [0.25, 0.3) is 0 Å². The van der Waals surface area contributed by atoms with Crippen molar-refractivity contribution >= 4 is 15.9 Å². The van der Waals surface area contributed by atoms with Gasteiger partial charge in [-0.2, -0.15) is 0 Å². The molecule has 18 heavy (non-hydrogen) atoms. The predicted molar refractivity (Wildman–Crippen MR) is 75.2 cm³/mol. The number of nitrogens with two attached hydrogens (primary N) is 1. The number of rotatable bonds is 5. The number of hydrogen-bond acceptors (Lipinski definition) is 3. The fraction of sp³-hybridized carbons (Fsp3) is 0.385. The number of imidazole rings is 1. The van der Waals surface area contributed by atoms with Crippen LogP contribution >= 0.6 is 15.9 Å². The Morgan fingerprint density at radius 1 is 1.33 bits per heavy atom. The zero-order valence-corrected chi connectivity index (χ0v) is 12.0. The van der Waals surface area contributed by atoms with Gasteiger partial charge in [0.2, 0.25) is 0 Å². The lowest BCUT2D eigenvalue weighted by molar-refractivity contribution is 0.638. The van der Waals surface area contributed by atoms with Crippen molar-refractivity contribution in [3.05, 3.63) is 46.7 Å². The largest absolute Gasteiger partial charge is 0.331 e. The van der Waals surface area contributed by atoms with Crippen LogP contribution in [0.3, 0.4) is 0 Å². The Labute approximate surface area is 115 Å². The normalized spacial score (nSPS) is 12.6. The molecule has 0 bridgehead atoms. The van der Waals surface area contributed by atoms with Crippen LogP contribution in [0.25, 0.3) is 0 Å². The topological polar surface area (TPSA) is 56.7 Å². The van der Waals surface area contributed by atoms with E-state index in [1.54, 1.807) is 6.20 Å². The third-order valence-electron chi connectivity index (χ3n) is 2.82. The molecule has 2 rings (SSSR count). The molecule has 2 aromatic heterocycles. The van der Waals surface area contributed by atoms with Crippen LogP contribution in [0.15, 0.2) is 35.3 Å². The molecule has 0 amide bonds. The molecule has 1 atom stereocenters. The summed E-state index contributed by atoms with van der Waals surface area (Å²) in [7, 11) is 0. The lowest BCUT2D eigenvalue weighted by Gasteiger charge is -2.05. The number of pyridine rings is 1. The molecule has 0 aliphatic carbocycles. The first kappa shape index (κ1) is 13.2. The van der Waals surface area contributed by atoms with Gasteiger partial charge in [-0.1, -0.05) is 6.92 Å². The second kappa shape index (κ2) is 6.11. The summed E-state index contributed by atoms with van der Waals surface area (Å²) in [6.07, 6.45) is 7.49. The molecule has 0 spiro atoms. The third-order valence-corrected chi connectivity index (χ3v) is 3.28. The third kappa shape index (κ3) is 3.65. The molecule has 2 heterocycles. The maximum absolute atomic E-state index is 5.92. The average Bonchev–Trinajstić information content (AvgIpc) is 2.79. The number of hydrogen-bond donors (Lipinski definition) is 1. The van der Waals surface area contributed by atoms with Crippen LogP contribution in [0.2, 0.25) is 0 Å². The van der Waals surface area contributed by atoms with E-state index in [9.17, 15) is 0 Å². The van der Waals surface area contributed by atoms with Crippen LogP contribution in [-0.2, 0) is 13.0 Å². The highest BCUT2D eigenvalue weighted by Crippen LogP contribution is 2.09. The van der Waals surface area contributed by atoms with E-state index in [2.05, 4.69) is 32.8 Å². The van der Waals surface area contributed by atoms with Crippen molar-refractivity contribution in [1.82, 2.24) is 14.5 Å². The summed E-state index contributed by atoms with van der Waals surface area (Å²) in [5, 5.41) is 0. The van der Waals surface area contributed by atoms with Gasteiger partial charge in [0.1, 0.15) is 0 Å². The molecule has 0 saturated heterocycles. The predicted octanol–water partition coefficient (Wildman–Crippen LogP) is 2.37. The van der Waals surface area contributed by atoms with Crippen molar-refractivity contribution in [3.8, 4) is 0 Å². The van der Waals surface area contributed by atoms with Crippen molar-refractivity contribution in [2.24, 2.45) is 5.73 Å².